The van der Waals surface area contributed by atoms with E-state index >= 15 is 0 Å². The first-order valence-electron chi connectivity index (χ1n) is 6.56. The van der Waals surface area contributed by atoms with E-state index in [1.54, 1.807) is 18.2 Å². The molecule has 0 aliphatic heterocycles. The van der Waals surface area contributed by atoms with Gasteiger partial charge in [0.25, 0.3) is 0 Å². The number of amides is 1. The molecule has 0 aliphatic rings. The summed E-state index contributed by atoms with van der Waals surface area (Å²) in [5.74, 6) is 0.274. The molecule has 4 nitrogen and oxygen atoms in total. The Kier molecular flexibility index (Phi) is 4.99. The molecule has 0 unspecified atom stereocenters. The molecular formula is C17H17NO3. The van der Waals surface area contributed by atoms with Crippen LogP contribution < -0.4 is 10.1 Å². The largest absolute Gasteiger partial charge is 0.504 e. The standard InChI is InChI=1S/C17H17NO3/c1-21-16-11-13(7-9-15(16)19)8-10-17(20)18-12-14-5-3-2-4-6-14/h2-11,19H,12H2,1H3,(H,18,20)/b10-8+. The molecule has 0 heterocycles. The van der Waals surface area contributed by atoms with Crippen molar-refractivity contribution >= 4 is 12.0 Å². The minimum Gasteiger partial charge on any atom is -0.504 e. The van der Waals surface area contributed by atoms with E-state index in [9.17, 15) is 9.90 Å². The van der Waals surface area contributed by atoms with Gasteiger partial charge in [0.05, 0.1) is 7.11 Å². The van der Waals surface area contributed by atoms with Crippen LogP contribution in [0.2, 0.25) is 0 Å². The molecular weight excluding hydrogens is 266 g/mol. The highest BCUT2D eigenvalue weighted by atomic mass is 16.5. The zero-order valence-corrected chi connectivity index (χ0v) is 11.7. The number of phenols is 1. The summed E-state index contributed by atoms with van der Waals surface area (Å²) in [5, 5.41) is 12.3. The summed E-state index contributed by atoms with van der Waals surface area (Å²) in [6.45, 7) is 0.489. The van der Waals surface area contributed by atoms with Crippen LogP contribution in [0.3, 0.4) is 0 Å². The van der Waals surface area contributed by atoms with Crippen molar-refractivity contribution in [2.75, 3.05) is 7.11 Å². The molecule has 2 aromatic carbocycles. The summed E-state index contributed by atoms with van der Waals surface area (Å²) in [5.41, 5.74) is 1.82. The summed E-state index contributed by atoms with van der Waals surface area (Å²) in [4.78, 5) is 11.7. The predicted molar refractivity (Wildman–Crippen MR) is 82.0 cm³/mol. The van der Waals surface area contributed by atoms with Crippen molar-refractivity contribution in [3.63, 3.8) is 0 Å². The fourth-order valence-corrected chi connectivity index (χ4v) is 1.81. The van der Waals surface area contributed by atoms with E-state index in [1.807, 2.05) is 30.3 Å². The van der Waals surface area contributed by atoms with E-state index in [1.165, 1.54) is 19.3 Å². The van der Waals surface area contributed by atoms with Crippen molar-refractivity contribution in [2.45, 2.75) is 6.54 Å². The van der Waals surface area contributed by atoms with Gasteiger partial charge in [-0.25, -0.2) is 0 Å². The van der Waals surface area contributed by atoms with E-state index in [-0.39, 0.29) is 11.7 Å². The lowest BCUT2D eigenvalue weighted by atomic mass is 10.2. The van der Waals surface area contributed by atoms with E-state index in [4.69, 9.17) is 4.74 Å². The molecule has 0 spiro atoms. The zero-order chi connectivity index (χ0) is 15.1. The van der Waals surface area contributed by atoms with Crippen LogP contribution in [0.15, 0.2) is 54.6 Å². The third-order valence-corrected chi connectivity index (χ3v) is 2.94. The Morgan fingerprint density at radius 1 is 1.24 bits per heavy atom. The lowest BCUT2D eigenvalue weighted by molar-refractivity contribution is -0.116. The summed E-state index contributed by atoms with van der Waals surface area (Å²) < 4.78 is 5.01. The second-order valence-corrected chi connectivity index (χ2v) is 4.47. The van der Waals surface area contributed by atoms with Crippen molar-refractivity contribution in [3.8, 4) is 11.5 Å². The first-order chi connectivity index (χ1) is 10.2. The number of rotatable bonds is 5. The molecule has 2 aromatic rings. The summed E-state index contributed by atoms with van der Waals surface area (Å²) >= 11 is 0. The van der Waals surface area contributed by atoms with Crippen molar-refractivity contribution < 1.29 is 14.6 Å². The third-order valence-electron chi connectivity index (χ3n) is 2.94. The van der Waals surface area contributed by atoms with E-state index in [2.05, 4.69) is 5.32 Å². The van der Waals surface area contributed by atoms with Crippen LogP contribution in [-0.2, 0) is 11.3 Å². The summed E-state index contributed by atoms with van der Waals surface area (Å²) in [7, 11) is 1.48. The lowest BCUT2D eigenvalue weighted by Crippen LogP contribution is -2.20. The Bertz CT molecular complexity index is 636. The number of benzene rings is 2. The number of nitrogens with one attached hydrogen (secondary N) is 1. The van der Waals surface area contributed by atoms with Gasteiger partial charge < -0.3 is 15.2 Å². The normalized spacial score (nSPS) is 10.5. The number of aromatic hydroxyl groups is 1. The van der Waals surface area contributed by atoms with Crippen LogP contribution in [0.4, 0.5) is 0 Å². The van der Waals surface area contributed by atoms with E-state index < -0.39 is 0 Å². The number of hydrogen-bond acceptors (Lipinski definition) is 3. The fraction of sp³-hybridized carbons (Fsp3) is 0.118. The first-order valence-corrected chi connectivity index (χ1v) is 6.56. The number of ether oxygens (including phenoxy) is 1. The summed E-state index contributed by atoms with van der Waals surface area (Å²) in [6, 6.07) is 14.6. The van der Waals surface area contributed by atoms with E-state index in [0.717, 1.165) is 11.1 Å². The number of carbonyl (C=O) groups is 1. The molecule has 0 aliphatic carbocycles. The molecule has 2 N–H and O–H groups in total. The van der Waals surface area contributed by atoms with Crippen LogP contribution in [0.1, 0.15) is 11.1 Å². The maximum absolute atomic E-state index is 11.7. The Balaban J connectivity index is 1.93. The molecule has 108 valence electrons. The first kappa shape index (κ1) is 14.7. The van der Waals surface area contributed by atoms with Crippen LogP contribution in [0.25, 0.3) is 6.08 Å². The average molecular weight is 283 g/mol. The minimum atomic E-state index is -0.175. The second kappa shape index (κ2) is 7.14. The van der Waals surface area contributed by atoms with E-state index in [0.29, 0.717) is 12.3 Å². The van der Waals surface area contributed by atoms with Gasteiger partial charge in [0.1, 0.15) is 0 Å². The maximum Gasteiger partial charge on any atom is 0.244 e. The highest BCUT2D eigenvalue weighted by Gasteiger charge is 2.01. The molecule has 21 heavy (non-hydrogen) atoms. The second-order valence-electron chi connectivity index (χ2n) is 4.47. The fourth-order valence-electron chi connectivity index (χ4n) is 1.81. The Labute approximate surface area is 123 Å². The summed E-state index contributed by atoms with van der Waals surface area (Å²) in [6.07, 6.45) is 3.12. The van der Waals surface area contributed by atoms with Gasteiger partial charge in [0.2, 0.25) is 5.91 Å². The van der Waals surface area contributed by atoms with Crippen molar-refractivity contribution in [1.29, 1.82) is 0 Å². The molecule has 2 rings (SSSR count). The van der Waals surface area contributed by atoms with Gasteiger partial charge in [-0.15, -0.1) is 0 Å². The van der Waals surface area contributed by atoms with Gasteiger partial charge in [-0.2, -0.15) is 0 Å². The molecule has 0 aromatic heterocycles. The highest BCUT2D eigenvalue weighted by Crippen LogP contribution is 2.26. The molecule has 1 amide bonds. The molecule has 0 saturated heterocycles. The predicted octanol–water partition coefficient (Wildman–Crippen LogP) is 2.73. The van der Waals surface area contributed by atoms with Crippen LogP contribution >= 0.6 is 0 Å². The SMILES string of the molecule is COc1cc(/C=C/C(=O)NCc2ccccc2)ccc1O. The molecule has 4 heteroatoms. The third kappa shape index (κ3) is 4.38. The number of methoxy groups -OCH3 is 1. The lowest BCUT2D eigenvalue weighted by Gasteiger charge is -2.04. The number of phenolic OH excluding ortho intramolecular Hbond substituents is 1. The highest BCUT2D eigenvalue weighted by molar-refractivity contribution is 5.91. The Morgan fingerprint density at radius 2 is 2.00 bits per heavy atom. The van der Waals surface area contributed by atoms with Crippen LogP contribution in [0.5, 0.6) is 11.5 Å². The van der Waals surface area contributed by atoms with Crippen LogP contribution in [0, 0.1) is 0 Å². The average Bonchev–Trinajstić information content (AvgIpc) is 2.53. The van der Waals surface area contributed by atoms with Gasteiger partial charge in [0.15, 0.2) is 11.5 Å². The van der Waals surface area contributed by atoms with Crippen molar-refractivity contribution in [3.05, 3.63) is 65.7 Å². The Hall–Kier alpha value is -2.75. The van der Waals surface area contributed by atoms with Gasteiger partial charge in [-0.3, -0.25) is 4.79 Å². The van der Waals surface area contributed by atoms with Gasteiger partial charge >= 0.3 is 0 Å². The minimum absolute atomic E-state index is 0.0724. The molecule has 0 bridgehead atoms. The molecule has 0 atom stereocenters. The molecule has 0 saturated carbocycles. The molecule has 0 radical (unpaired) electrons. The van der Waals surface area contributed by atoms with Crippen LogP contribution in [-0.4, -0.2) is 18.1 Å². The number of carbonyl (C=O) groups excluding carboxylic acids is 1. The quantitative estimate of drug-likeness (QED) is 0.829. The number of hydrogen-bond donors (Lipinski definition) is 2. The topological polar surface area (TPSA) is 58.6 Å². The monoisotopic (exact) mass is 283 g/mol. The van der Waals surface area contributed by atoms with Gasteiger partial charge in [-0.1, -0.05) is 36.4 Å². The van der Waals surface area contributed by atoms with Crippen molar-refractivity contribution in [2.24, 2.45) is 0 Å². The van der Waals surface area contributed by atoms with Gasteiger partial charge in [0, 0.05) is 12.6 Å². The van der Waals surface area contributed by atoms with Crippen molar-refractivity contribution in [1.82, 2.24) is 5.32 Å². The maximum atomic E-state index is 11.7. The Morgan fingerprint density at radius 3 is 2.71 bits per heavy atom. The molecule has 0 fully saturated rings. The smallest absolute Gasteiger partial charge is 0.244 e. The zero-order valence-electron chi connectivity index (χ0n) is 11.7. The van der Waals surface area contributed by atoms with Gasteiger partial charge in [-0.05, 0) is 29.3 Å².